The molecule has 1 aliphatic heterocycles. The number of benzene rings is 2. The van der Waals surface area contributed by atoms with Crippen molar-refractivity contribution in [2.24, 2.45) is 0 Å². The van der Waals surface area contributed by atoms with Gasteiger partial charge >= 0.3 is 0 Å². The SMILES string of the molecule is Nc1c(Cc2cccc(CN3CCCCC3)c2)nc2ccccc2c1N. The normalized spacial score (nSPS) is 15.4. The first-order valence-corrected chi connectivity index (χ1v) is 9.43. The number of fused-ring (bicyclic) bond motifs is 1. The Morgan fingerprint density at radius 2 is 1.62 bits per heavy atom. The van der Waals surface area contributed by atoms with Crippen molar-refractivity contribution in [3.8, 4) is 0 Å². The number of hydrogen-bond acceptors (Lipinski definition) is 4. The molecule has 0 bridgehead atoms. The van der Waals surface area contributed by atoms with E-state index >= 15 is 0 Å². The van der Waals surface area contributed by atoms with E-state index in [4.69, 9.17) is 16.5 Å². The molecule has 0 atom stereocenters. The Morgan fingerprint density at radius 3 is 2.46 bits per heavy atom. The van der Waals surface area contributed by atoms with Crippen molar-refractivity contribution < 1.29 is 0 Å². The summed E-state index contributed by atoms with van der Waals surface area (Å²) >= 11 is 0. The molecule has 1 saturated heterocycles. The highest BCUT2D eigenvalue weighted by molar-refractivity contribution is 5.96. The third-order valence-corrected chi connectivity index (χ3v) is 5.27. The van der Waals surface area contributed by atoms with Gasteiger partial charge in [0.15, 0.2) is 0 Å². The minimum Gasteiger partial charge on any atom is -0.396 e. The lowest BCUT2D eigenvalue weighted by atomic mass is 10.0. The van der Waals surface area contributed by atoms with Crippen LogP contribution in [0, 0.1) is 0 Å². The Labute approximate surface area is 154 Å². The summed E-state index contributed by atoms with van der Waals surface area (Å²) in [7, 11) is 0. The van der Waals surface area contributed by atoms with E-state index in [1.165, 1.54) is 43.5 Å². The third kappa shape index (κ3) is 3.51. The largest absolute Gasteiger partial charge is 0.396 e. The molecule has 4 heteroatoms. The fourth-order valence-electron chi connectivity index (χ4n) is 3.85. The van der Waals surface area contributed by atoms with Crippen LogP contribution in [-0.2, 0) is 13.0 Å². The molecule has 2 aromatic carbocycles. The van der Waals surface area contributed by atoms with Crippen LogP contribution in [0.5, 0.6) is 0 Å². The average Bonchev–Trinajstić information content (AvgIpc) is 2.67. The van der Waals surface area contributed by atoms with Crippen molar-refractivity contribution in [1.82, 2.24) is 9.88 Å². The second kappa shape index (κ2) is 7.34. The molecule has 4 rings (SSSR count). The summed E-state index contributed by atoms with van der Waals surface area (Å²) in [5.41, 5.74) is 18.1. The van der Waals surface area contributed by atoms with Gasteiger partial charge in [-0.1, -0.05) is 48.9 Å². The van der Waals surface area contributed by atoms with E-state index in [2.05, 4.69) is 29.2 Å². The zero-order chi connectivity index (χ0) is 17.9. The molecule has 2 heterocycles. The Morgan fingerprint density at radius 1 is 0.846 bits per heavy atom. The lowest BCUT2D eigenvalue weighted by Crippen LogP contribution is -2.29. The third-order valence-electron chi connectivity index (χ3n) is 5.27. The van der Waals surface area contributed by atoms with E-state index < -0.39 is 0 Å². The first-order valence-electron chi connectivity index (χ1n) is 9.43. The van der Waals surface area contributed by atoms with Gasteiger partial charge in [0.2, 0.25) is 0 Å². The van der Waals surface area contributed by atoms with Crippen LogP contribution in [0.25, 0.3) is 10.9 Å². The number of aromatic nitrogens is 1. The fourth-order valence-corrected chi connectivity index (χ4v) is 3.85. The monoisotopic (exact) mass is 346 g/mol. The van der Waals surface area contributed by atoms with E-state index in [1.807, 2.05) is 24.3 Å². The number of nitrogens with zero attached hydrogens (tertiary/aromatic N) is 2. The van der Waals surface area contributed by atoms with E-state index in [9.17, 15) is 0 Å². The minimum absolute atomic E-state index is 0.602. The summed E-state index contributed by atoms with van der Waals surface area (Å²) < 4.78 is 0. The van der Waals surface area contributed by atoms with Crippen molar-refractivity contribution >= 4 is 22.3 Å². The highest BCUT2D eigenvalue weighted by atomic mass is 15.1. The Bertz CT molecular complexity index is 913. The van der Waals surface area contributed by atoms with E-state index in [0.29, 0.717) is 17.8 Å². The molecule has 0 spiro atoms. The van der Waals surface area contributed by atoms with Crippen LogP contribution in [0.15, 0.2) is 48.5 Å². The predicted octanol–water partition coefficient (Wildman–Crippen LogP) is 3.98. The van der Waals surface area contributed by atoms with Crippen molar-refractivity contribution in [2.45, 2.75) is 32.2 Å². The van der Waals surface area contributed by atoms with Crippen molar-refractivity contribution in [2.75, 3.05) is 24.6 Å². The van der Waals surface area contributed by atoms with Crippen LogP contribution < -0.4 is 11.5 Å². The zero-order valence-corrected chi connectivity index (χ0v) is 15.1. The molecule has 26 heavy (non-hydrogen) atoms. The second-order valence-corrected chi connectivity index (χ2v) is 7.24. The summed E-state index contributed by atoms with van der Waals surface area (Å²) in [4.78, 5) is 7.31. The van der Waals surface area contributed by atoms with Crippen molar-refractivity contribution in [1.29, 1.82) is 0 Å². The number of nitrogens with two attached hydrogens (primary N) is 2. The van der Waals surface area contributed by atoms with Crippen LogP contribution in [0.4, 0.5) is 11.4 Å². The number of pyridine rings is 1. The van der Waals surface area contributed by atoms with Crippen LogP contribution >= 0.6 is 0 Å². The van der Waals surface area contributed by atoms with Gasteiger partial charge in [-0.25, -0.2) is 0 Å². The highest BCUT2D eigenvalue weighted by Crippen LogP contribution is 2.29. The summed E-state index contributed by atoms with van der Waals surface area (Å²) in [6.07, 6.45) is 4.70. The van der Waals surface area contributed by atoms with Crippen LogP contribution in [0.2, 0.25) is 0 Å². The smallest absolute Gasteiger partial charge is 0.0777 e. The summed E-state index contributed by atoms with van der Waals surface area (Å²) in [6, 6.07) is 16.7. The highest BCUT2D eigenvalue weighted by Gasteiger charge is 2.13. The molecule has 0 radical (unpaired) electrons. The first-order chi connectivity index (χ1) is 12.7. The van der Waals surface area contributed by atoms with Gasteiger partial charge in [-0.2, -0.15) is 0 Å². The molecule has 3 aromatic rings. The molecule has 1 aromatic heterocycles. The zero-order valence-electron chi connectivity index (χ0n) is 15.1. The molecule has 4 N–H and O–H groups in total. The topological polar surface area (TPSA) is 68.2 Å². The number of hydrogen-bond donors (Lipinski definition) is 2. The lowest BCUT2D eigenvalue weighted by Gasteiger charge is -2.26. The van der Waals surface area contributed by atoms with Crippen LogP contribution in [0.1, 0.15) is 36.1 Å². The van der Waals surface area contributed by atoms with Crippen LogP contribution in [0.3, 0.4) is 0 Å². The van der Waals surface area contributed by atoms with Gasteiger partial charge in [0.1, 0.15) is 0 Å². The maximum atomic E-state index is 6.29. The number of rotatable bonds is 4. The number of likely N-dealkylation sites (tertiary alicyclic amines) is 1. The van der Waals surface area contributed by atoms with Gasteiger partial charge < -0.3 is 11.5 Å². The van der Waals surface area contributed by atoms with Gasteiger partial charge in [0, 0.05) is 18.4 Å². The predicted molar refractivity (Wildman–Crippen MR) is 109 cm³/mol. The summed E-state index contributed by atoms with van der Waals surface area (Å²) in [6.45, 7) is 3.44. The first kappa shape index (κ1) is 16.9. The summed E-state index contributed by atoms with van der Waals surface area (Å²) in [5, 5.41) is 0.924. The number of anilines is 2. The Kier molecular flexibility index (Phi) is 4.76. The van der Waals surface area contributed by atoms with Gasteiger partial charge in [-0.15, -0.1) is 0 Å². The number of nitrogen functional groups attached to an aromatic ring is 2. The summed E-state index contributed by atoms with van der Waals surface area (Å²) in [5.74, 6) is 0. The maximum Gasteiger partial charge on any atom is 0.0777 e. The number of para-hydroxylation sites is 1. The van der Waals surface area contributed by atoms with Gasteiger partial charge in [0.25, 0.3) is 0 Å². The molecular formula is C22H26N4. The van der Waals surface area contributed by atoms with Gasteiger partial charge in [-0.3, -0.25) is 9.88 Å². The Hall–Kier alpha value is -2.59. The molecule has 0 unspecified atom stereocenters. The molecule has 134 valence electrons. The van der Waals surface area contributed by atoms with Crippen molar-refractivity contribution in [3.05, 3.63) is 65.4 Å². The molecular weight excluding hydrogens is 320 g/mol. The Balaban J connectivity index is 1.58. The van der Waals surface area contributed by atoms with E-state index in [1.54, 1.807) is 0 Å². The standard InChI is InChI=1S/C22H26N4/c23-21-18-9-2-3-10-19(18)25-20(22(21)24)14-16-7-6-8-17(13-16)15-26-11-4-1-5-12-26/h2-3,6-10,13H,1,4-5,11-12,14-15,24H2,(H2,23,25). The second-order valence-electron chi connectivity index (χ2n) is 7.24. The van der Waals surface area contributed by atoms with Crippen LogP contribution in [-0.4, -0.2) is 23.0 Å². The maximum absolute atomic E-state index is 6.29. The van der Waals surface area contributed by atoms with E-state index in [-0.39, 0.29) is 0 Å². The van der Waals surface area contributed by atoms with E-state index in [0.717, 1.165) is 23.1 Å². The quantitative estimate of drug-likeness (QED) is 0.750. The van der Waals surface area contributed by atoms with Gasteiger partial charge in [-0.05, 0) is 43.1 Å². The molecule has 0 amide bonds. The fraction of sp³-hybridized carbons (Fsp3) is 0.318. The lowest BCUT2D eigenvalue weighted by molar-refractivity contribution is 0.221. The molecule has 1 fully saturated rings. The molecule has 0 aliphatic carbocycles. The number of piperidine rings is 1. The average molecular weight is 346 g/mol. The minimum atomic E-state index is 0.602. The van der Waals surface area contributed by atoms with Crippen molar-refractivity contribution in [3.63, 3.8) is 0 Å². The molecule has 4 nitrogen and oxygen atoms in total. The molecule has 1 aliphatic rings. The molecule has 0 saturated carbocycles. The van der Waals surface area contributed by atoms with Gasteiger partial charge in [0.05, 0.1) is 22.6 Å².